The molecule has 0 heterocycles. The van der Waals surface area contributed by atoms with Crippen LogP contribution in [0.3, 0.4) is 0 Å². The zero-order chi connectivity index (χ0) is 61.2. The van der Waals surface area contributed by atoms with E-state index in [0.29, 0.717) is 125 Å². The van der Waals surface area contributed by atoms with Crippen LogP contribution in [-0.4, -0.2) is 49.0 Å². The van der Waals surface area contributed by atoms with Gasteiger partial charge in [-0.05, 0) is 225 Å². The first-order valence-electron chi connectivity index (χ1n) is 30.6. The predicted octanol–water partition coefficient (Wildman–Crippen LogP) is 16.3. The highest BCUT2D eigenvalue weighted by Crippen LogP contribution is 2.35. The molecule has 3 aliphatic rings. The molecule has 6 aromatic rings. The minimum atomic E-state index is -0.245. The molecule has 0 spiro atoms. The van der Waals surface area contributed by atoms with Gasteiger partial charge in [-0.1, -0.05) is 87.4 Å². The third-order valence-electron chi connectivity index (χ3n) is 15.8. The van der Waals surface area contributed by atoms with E-state index in [1.54, 1.807) is 48.5 Å². The molecule has 0 unspecified atom stereocenters. The van der Waals surface area contributed by atoms with Crippen molar-refractivity contribution in [3.63, 3.8) is 0 Å². The van der Waals surface area contributed by atoms with Crippen molar-refractivity contribution in [1.29, 1.82) is 0 Å². The van der Waals surface area contributed by atoms with Gasteiger partial charge in [0.1, 0.15) is 46.0 Å². The second-order valence-corrected chi connectivity index (χ2v) is 22.7. The molecule has 14 heteroatoms. The SMILES string of the molecule is CCCCOc1ccc(OC(=O)C2CCC(C(=O)Oc3ccc(OCCCC)cc3)CC2)cc1.Cc1cccc(OC(=O)C2CCC(C(=O)Oc3cccc(C)c3)CC2)c1.Cc1ccccc1OC(=O)C1CCC(C(=O)Oc2ccccc2C)CC1.[HH].[HH].[HH]. The average Bonchev–Trinajstić information content (AvgIpc) is 3.70. The molecule has 462 valence electrons. The summed E-state index contributed by atoms with van der Waals surface area (Å²) in [5, 5.41) is 0. The van der Waals surface area contributed by atoms with Crippen LogP contribution in [0.4, 0.5) is 0 Å². The summed E-state index contributed by atoms with van der Waals surface area (Å²) >= 11 is 0. The Labute approximate surface area is 511 Å². The van der Waals surface area contributed by atoms with E-state index in [1.807, 2.05) is 125 Å². The molecule has 3 fully saturated rings. The molecule has 0 aliphatic heterocycles. The van der Waals surface area contributed by atoms with Crippen molar-refractivity contribution in [1.82, 2.24) is 0 Å². The molecule has 0 atom stereocenters. The first-order chi connectivity index (χ1) is 41.6. The summed E-state index contributed by atoms with van der Waals surface area (Å²) in [4.78, 5) is 74.6. The third-order valence-corrected chi connectivity index (χ3v) is 15.8. The summed E-state index contributed by atoms with van der Waals surface area (Å²) in [5.74, 6) is 2.60. The molecule has 3 saturated carbocycles. The Morgan fingerprint density at radius 3 is 0.872 bits per heavy atom. The van der Waals surface area contributed by atoms with Crippen LogP contribution in [0, 0.1) is 63.2 Å². The van der Waals surface area contributed by atoms with Crippen LogP contribution in [0.15, 0.2) is 146 Å². The quantitative estimate of drug-likeness (QED) is 0.0401. The molecular weight excluding hydrogens is 1090 g/mol. The number of hydrogen-bond acceptors (Lipinski definition) is 14. The molecule has 3 aliphatic carbocycles. The Morgan fingerprint density at radius 1 is 0.326 bits per heavy atom. The predicted molar refractivity (Wildman–Crippen MR) is 335 cm³/mol. The van der Waals surface area contributed by atoms with E-state index in [9.17, 15) is 28.8 Å². The Balaban J connectivity index is 0.000000284. The second-order valence-electron chi connectivity index (χ2n) is 22.7. The van der Waals surface area contributed by atoms with Gasteiger partial charge in [0.25, 0.3) is 0 Å². The summed E-state index contributed by atoms with van der Waals surface area (Å²) in [6, 6.07) is 44.2. The Kier molecular flexibility index (Phi) is 25.8. The number of benzene rings is 6. The zero-order valence-corrected chi connectivity index (χ0v) is 50.8. The lowest BCUT2D eigenvalue weighted by molar-refractivity contribution is -0.145. The molecule has 14 nitrogen and oxygen atoms in total. The molecule has 0 radical (unpaired) electrons. The number of unbranched alkanes of at least 4 members (excludes halogenated alkanes) is 2. The van der Waals surface area contributed by atoms with Gasteiger partial charge < -0.3 is 37.9 Å². The first-order valence-corrected chi connectivity index (χ1v) is 30.6. The van der Waals surface area contributed by atoms with Crippen molar-refractivity contribution < 1.29 is 70.9 Å². The van der Waals surface area contributed by atoms with Crippen LogP contribution in [0.1, 0.15) is 143 Å². The maximum absolute atomic E-state index is 12.6. The molecule has 0 amide bonds. The molecular formula is C72H90O14. The number of ether oxygens (including phenoxy) is 8. The molecule has 6 aromatic carbocycles. The standard InChI is InChI=1S/C28H36O6.2C22H24O4.3H2/c1-3-5-19-31-23-11-15-25(16-12-23)33-27(29)21-7-9-22(10-8-21)28(30)34-26-17-13-24(14-18-26)32-20-6-4-2;1-15-5-3-7-19(13-15)25-21(23)17-9-11-18(12-10-17)22(24)26-20-8-4-6-16(2)14-20;1-15-7-3-5-9-19(15)25-21(23)17-11-13-18(14-12-17)22(24)26-20-10-6-4-8-16(20)2;;;/h11-18,21-22H,3-10,19-20H2,1-2H3;3-8,13-14,17-18H,9-12H2,1-2H3;3-10,17-18H,11-14H2,1-2H3;3*1H. The van der Waals surface area contributed by atoms with E-state index in [2.05, 4.69) is 13.8 Å². The lowest BCUT2D eigenvalue weighted by Crippen LogP contribution is -2.30. The normalized spacial score (nSPS) is 18.8. The van der Waals surface area contributed by atoms with Crippen molar-refractivity contribution >= 4 is 35.8 Å². The number of para-hydroxylation sites is 2. The number of rotatable bonds is 20. The van der Waals surface area contributed by atoms with E-state index >= 15 is 0 Å². The first kappa shape index (κ1) is 65.3. The van der Waals surface area contributed by atoms with Gasteiger partial charge in [-0.15, -0.1) is 0 Å². The van der Waals surface area contributed by atoms with Crippen molar-refractivity contribution in [2.45, 2.75) is 144 Å². The van der Waals surface area contributed by atoms with Crippen molar-refractivity contribution in [2.75, 3.05) is 13.2 Å². The van der Waals surface area contributed by atoms with Gasteiger partial charge in [0.15, 0.2) is 0 Å². The fourth-order valence-corrected chi connectivity index (χ4v) is 10.5. The minimum absolute atomic E-state index is 0. The molecule has 86 heavy (non-hydrogen) atoms. The van der Waals surface area contributed by atoms with E-state index in [-0.39, 0.29) is 75.6 Å². The van der Waals surface area contributed by atoms with Gasteiger partial charge >= 0.3 is 35.8 Å². The molecule has 0 aromatic heterocycles. The maximum atomic E-state index is 12.6. The Hall–Kier alpha value is -8.26. The number of esters is 6. The molecule has 9 rings (SSSR count). The number of carbonyl (C=O) groups is 6. The molecule has 0 saturated heterocycles. The van der Waals surface area contributed by atoms with Gasteiger partial charge in [0.2, 0.25) is 0 Å². The largest absolute Gasteiger partial charge is 0.494 e. The van der Waals surface area contributed by atoms with Gasteiger partial charge in [-0.25, -0.2) is 0 Å². The highest BCUT2D eigenvalue weighted by Gasteiger charge is 2.35. The smallest absolute Gasteiger partial charge is 0.314 e. The van der Waals surface area contributed by atoms with Gasteiger partial charge in [0.05, 0.1) is 48.7 Å². The Morgan fingerprint density at radius 2 is 0.593 bits per heavy atom. The van der Waals surface area contributed by atoms with Crippen LogP contribution < -0.4 is 37.9 Å². The van der Waals surface area contributed by atoms with Crippen LogP contribution in [0.5, 0.6) is 46.0 Å². The monoisotopic (exact) mass is 1180 g/mol. The van der Waals surface area contributed by atoms with Gasteiger partial charge in [0, 0.05) is 4.28 Å². The maximum Gasteiger partial charge on any atom is 0.314 e. The highest BCUT2D eigenvalue weighted by molar-refractivity contribution is 5.80. The third kappa shape index (κ3) is 21.1. The van der Waals surface area contributed by atoms with Crippen LogP contribution >= 0.6 is 0 Å². The molecule has 0 bridgehead atoms. The highest BCUT2D eigenvalue weighted by atomic mass is 16.6. The fraction of sp³-hybridized carbons (Fsp3) is 0.417. The van der Waals surface area contributed by atoms with Crippen LogP contribution in [-0.2, 0) is 28.8 Å². The summed E-state index contributed by atoms with van der Waals surface area (Å²) in [6.45, 7) is 13.4. The van der Waals surface area contributed by atoms with Gasteiger partial charge in [-0.2, -0.15) is 0 Å². The zero-order valence-electron chi connectivity index (χ0n) is 50.8. The lowest BCUT2D eigenvalue weighted by Gasteiger charge is -2.26. The molecule has 0 N–H and O–H groups in total. The fourth-order valence-electron chi connectivity index (χ4n) is 10.5. The summed E-state index contributed by atoms with van der Waals surface area (Å²) in [6.07, 6.45) is 11.8. The van der Waals surface area contributed by atoms with E-state index in [0.717, 1.165) is 59.4 Å². The van der Waals surface area contributed by atoms with Crippen molar-refractivity contribution in [3.8, 4) is 46.0 Å². The Bertz CT molecular complexity index is 2930. The van der Waals surface area contributed by atoms with E-state index in [1.165, 1.54) is 0 Å². The second kappa shape index (κ2) is 34.0. The van der Waals surface area contributed by atoms with Gasteiger partial charge in [-0.3, -0.25) is 28.8 Å². The summed E-state index contributed by atoms with van der Waals surface area (Å²) < 4.78 is 44.4. The summed E-state index contributed by atoms with van der Waals surface area (Å²) in [7, 11) is 0. The number of carbonyl (C=O) groups excluding carboxylic acids is 6. The minimum Gasteiger partial charge on any atom is -0.494 e. The van der Waals surface area contributed by atoms with E-state index in [4.69, 9.17) is 37.9 Å². The summed E-state index contributed by atoms with van der Waals surface area (Å²) in [5.41, 5.74) is 3.99. The lowest BCUT2D eigenvalue weighted by atomic mass is 9.82. The van der Waals surface area contributed by atoms with Crippen molar-refractivity contribution in [2.24, 2.45) is 35.5 Å². The average molecular weight is 1180 g/mol. The van der Waals surface area contributed by atoms with Crippen molar-refractivity contribution in [3.05, 3.63) is 168 Å². The number of hydrogen-bond donors (Lipinski definition) is 0. The van der Waals surface area contributed by atoms with E-state index < -0.39 is 0 Å². The number of aryl methyl sites for hydroxylation is 4. The topological polar surface area (TPSA) is 176 Å². The van der Waals surface area contributed by atoms with Crippen LogP contribution in [0.2, 0.25) is 0 Å². The van der Waals surface area contributed by atoms with Crippen LogP contribution in [0.25, 0.3) is 0 Å².